The minimum atomic E-state index is -0.503. The molecule has 1 saturated heterocycles. The summed E-state index contributed by atoms with van der Waals surface area (Å²) in [6, 6.07) is 22.0. The number of benzene rings is 3. The number of aromatic nitrogens is 1. The number of ether oxygens (including phenoxy) is 1. The van der Waals surface area contributed by atoms with Gasteiger partial charge in [0.1, 0.15) is 5.75 Å². The van der Waals surface area contributed by atoms with Crippen molar-refractivity contribution in [2.45, 2.75) is 45.6 Å². The summed E-state index contributed by atoms with van der Waals surface area (Å²) in [7, 11) is 0. The van der Waals surface area contributed by atoms with E-state index in [4.69, 9.17) is 22.1 Å². The van der Waals surface area contributed by atoms with E-state index in [1.807, 2.05) is 48.7 Å². The number of anilines is 1. The van der Waals surface area contributed by atoms with Gasteiger partial charge in [-0.15, -0.1) is 0 Å². The topological polar surface area (TPSA) is 83.4 Å². The van der Waals surface area contributed by atoms with Crippen LogP contribution in [0.1, 0.15) is 55.5 Å². The molecule has 41 heavy (non-hydrogen) atoms. The van der Waals surface area contributed by atoms with Crippen molar-refractivity contribution in [3.63, 3.8) is 0 Å². The van der Waals surface area contributed by atoms with Gasteiger partial charge < -0.3 is 25.7 Å². The summed E-state index contributed by atoms with van der Waals surface area (Å²) in [6.07, 6.45) is 6.08. The van der Waals surface area contributed by atoms with Gasteiger partial charge in [0.25, 0.3) is 5.91 Å². The number of hydrogen-bond acceptors (Lipinski definition) is 4. The van der Waals surface area contributed by atoms with Crippen molar-refractivity contribution < 1.29 is 9.53 Å². The SMILES string of the molecule is CC1(C)CCC(CC2CNCCN2c2cccc(C(N)=O)c2Oc2cccc3[nH]ccc23)=C(c2ccc(Cl)cc2)C1. The van der Waals surface area contributed by atoms with E-state index >= 15 is 0 Å². The highest BCUT2D eigenvalue weighted by Gasteiger charge is 2.32. The standard InChI is InChI=1S/C34H37ClN4O2/c1-34(2)15-13-23(28(20-34)22-9-11-24(35)12-10-22)19-25-21-37-17-18-39(25)30-7-3-5-27(33(36)40)32(30)41-31-8-4-6-29-26(31)14-16-38-29/h3-12,14,16,25,37-38H,13,15,17-21H2,1-2H3,(H2,36,40). The molecule has 1 atom stereocenters. The lowest BCUT2D eigenvalue weighted by atomic mass is 9.71. The maximum absolute atomic E-state index is 12.6. The largest absolute Gasteiger partial charge is 0.454 e. The fraction of sp³-hybridized carbons (Fsp3) is 0.324. The second-order valence-corrected chi connectivity index (χ2v) is 12.4. The van der Waals surface area contributed by atoms with Crippen molar-refractivity contribution >= 4 is 39.7 Å². The molecule has 6 nitrogen and oxygen atoms in total. The summed E-state index contributed by atoms with van der Waals surface area (Å²) >= 11 is 6.24. The molecule has 0 bridgehead atoms. The van der Waals surface area contributed by atoms with Crippen LogP contribution in [0.15, 0.2) is 78.5 Å². The first kappa shape index (κ1) is 27.4. The Balaban J connectivity index is 1.39. The predicted octanol–water partition coefficient (Wildman–Crippen LogP) is 7.54. The highest BCUT2D eigenvalue weighted by atomic mass is 35.5. The maximum atomic E-state index is 12.6. The van der Waals surface area contributed by atoms with E-state index in [2.05, 4.69) is 47.2 Å². The first-order valence-corrected chi connectivity index (χ1v) is 14.8. The van der Waals surface area contributed by atoms with Crippen LogP contribution in [-0.4, -0.2) is 36.6 Å². The first-order valence-electron chi connectivity index (χ1n) is 14.4. The van der Waals surface area contributed by atoms with Gasteiger partial charge in [0, 0.05) is 47.8 Å². The monoisotopic (exact) mass is 568 g/mol. The zero-order valence-electron chi connectivity index (χ0n) is 23.7. The van der Waals surface area contributed by atoms with E-state index in [1.54, 1.807) is 6.07 Å². The van der Waals surface area contributed by atoms with Gasteiger partial charge in [0.2, 0.25) is 0 Å². The molecule has 4 N–H and O–H groups in total. The number of allylic oxidation sites excluding steroid dienone is 1. The number of piperazine rings is 1. The van der Waals surface area contributed by atoms with Crippen molar-refractivity contribution in [3.05, 3.63) is 94.6 Å². The third-order valence-electron chi connectivity index (χ3n) is 8.55. The average molecular weight is 569 g/mol. The molecule has 2 aliphatic rings. The van der Waals surface area contributed by atoms with Gasteiger partial charge in [-0.1, -0.05) is 55.3 Å². The van der Waals surface area contributed by atoms with Gasteiger partial charge in [-0.05, 0) is 84.7 Å². The number of carbonyl (C=O) groups is 1. The number of amides is 1. The Morgan fingerprint density at radius 1 is 1.10 bits per heavy atom. The third kappa shape index (κ3) is 5.72. The first-order chi connectivity index (χ1) is 19.8. The van der Waals surface area contributed by atoms with Gasteiger partial charge in [0.05, 0.1) is 11.3 Å². The number of primary amides is 1. The second-order valence-electron chi connectivity index (χ2n) is 12.0. The van der Waals surface area contributed by atoms with Gasteiger partial charge >= 0.3 is 0 Å². The predicted molar refractivity (Wildman–Crippen MR) is 168 cm³/mol. The fourth-order valence-corrected chi connectivity index (χ4v) is 6.49. The number of para-hydroxylation sites is 1. The van der Waals surface area contributed by atoms with Crippen molar-refractivity contribution in [1.29, 1.82) is 0 Å². The van der Waals surface area contributed by atoms with Gasteiger partial charge in [-0.25, -0.2) is 0 Å². The Labute approximate surface area is 246 Å². The lowest BCUT2D eigenvalue weighted by Gasteiger charge is -2.41. The number of hydrogen-bond donors (Lipinski definition) is 3. The number of H-pyrrole nitrogens is 1. The van der Waals surface area contributed by atoms with Gasteiger partial charge in [0.15, 0.2) is 5.75 Å². The molecule has 1 fully saturated rings. The Hall–Kier alpha value is -3.74. The van der Waals surface area contributed by atoms with Crippen LogP contribution in [0.2, 0.25) is 5.02 Å². The lowest BCUT2D eigenvalue weighted by molar-refractivity contribution is 0.0998. The fourth-order valence-electron chi connectivity index (χ4n) is 6.37. The number of carbonyl (C=O) groups excluding carboxylic acids is 1. The van der Waals surface area contributed by atoms with Crippen LogP contribution in [0.25, 0.3) is 16.5 Å². The summed E-state index contributed by atoms with van der Waals surface area (Å²) in [6.45, 7) is 7.21. The van der Waals surface area contributed by atoms with Crippen molar-refractivity contribution in [2.75, 3.05) is 24.5 Å². The van der Waals surface area contributed by atoms with Crippen LogP contribution in [0, 0.1) is 5.41 Å². The second kappa shape index (κ2) is 11.3. The van der Waals surface area contributed by atoms with E-state index < -0.39 is 5.91 Å². The highest BCUT2D eigenvalue weighted by molar-refractivity contribution is 6.30. The van der Waals surface area contributed by atoms with Crippen molar-refractivity contribution in [2.24, 2.45) is 11.1 Å². The molecule has 212 valence electrons. The minimum Gasteiger partial charge on any atom is -0.454 e. The van der Waals surface area contributed by atoms with E-state index in [0.717, 1.165) is 66.9 Å². The molecule has 3 aromatic carbocycles. The van der Waals surface area contributed by atoms with Crippen molar-refractivity contribution in [3.8, 4) is 11.5 Å². The number of rotatable bonds is 7. The zero-order valence-corrected chi connectivity index (χ0v) is 24.4. The molecule has 1 aliphatic carbocycles. The summed E-state index contributed by atoms with van der Waals surface area (Å²) in [5.41, 5.74) is 12.6. The van der Waals surface area contributed by atoms with Gasteiger partial charge in [-0.2, -0.15) is 0 Å². The molecule has 1 aromatic heterocycles. The Kier molecular flexibility index (Phi) is 7.54. The van der Waals surface area contributed by atoms with Gasteiger partial charge in [-0.3, -0.25) is 4.79 Å². The number of nitrogens with one attached hydrogen (secondary N) is 2. The van der Waals surface area contributed by atoms with E-state index in [9.17, 15) is 4.79 Å². The summed E-state index contributed by atoms with van der Waals surface area (Å²) in [4.78, 5) is 18.3. The Morgan fingerprint density at radius 2 is 1.90 bits per heavy atom. The Bertz CT molecular complexity index is 1600. The van der Waals surface area contributed by atoms with E-state index in [1.165, 1.54) is 16.7 Å². The summed E-state index contributed by atoms with van der Waals surface area (Å²) in [5, 5.41) is 5.32. The lowest BCUT2D eigenvalue weighted by Crippen LogP contribution is -2.52. The third-order valence-corrected chi connectivity index (χ3v) is 8.80. The summed E-state index contributed by atoms with van der Waals surface area (Å²) in [5.74, 6) is 0.696. The Morgan fingerprint density at radius 3 is 2.71 bits per heavy atom. The molecule has 1 amide bonds. The number of aromatic amines is 1. The maximum Gasteiger partial charge on any atom is 0.252 e. The number of halogens is 1. The minimum absolute atomic E-state index is 0.191. The normalized spacial score (nSPS) is 19.0. The molecule has 7 heteroatoms. The molecule has 0 radical (unpaired) electrons. The van der Waals surface area contributed by atoms with Crippen LogP contribution in [0.4, 0.5) is 5.69 Å². The zero-order chi connectivity index (χ0) is 28.6. The molecule has 2 heterocycles. The average Bonchev–Trinajstić information content (AvgIpc) is 3.45. The van der Waals surface area contributed by atoms with E-state index in [0.29, 0.717) is 17.1 Å². The quantitative estimate of drug-likeness (QED) is 0.215. The van der Waals surface area contributed by atoms with Crippen molar-refractivity contribution in [1.82, 2.24) is 10.3 Å². The number of nitrogens with two attached hydrogens (primary N) is 1. The highest BCUT2D eigenvalue weighted by Crippen LogP contribution is 2.46. The van der Waals surface area contributed by atoms with Crippen LogP contribution in [-0.2, 0) is 0 Å². The van der Waals surface area contributed by atoms with Crippen LogP contribution >= 0.6 is 11.6 Å². The molecule has 1 aliphatic heterocycles. The molecule has 0 saturated carbocycles. The molecular formula is C34H37ClN4O2. The molecular weight excluding hydrogens is 532 g/mol. The van der Waals surface area contributed by atoms with Crippen LogP contribution < -0.4 is 20.7 Å². The smallest absolute Gasteiger partial charge is 0.252 e. The molecule has 0 spiro atoms. The number of fused-ring (bicyclic) bond motifs is 1. The molecule has 6 rings (SSSR count). The molecule has 4 aromatic rings. The van der Waals surface area contributed by atoms with Crippen LogP contribution in [0.5, 0.6) is 11.5 Å². The van der Waals surface area contributed by atoms with Crippen LogP contribution in [0.3, 0.4) is 0 Å². The van der Waals surface area contributed by atoms with E-state index in [-0.39, 0.29) is 11.5 Å². The summed E-state index contributed by atoms with van der Waals surface area (Å²) < 4.78 is 6.59. The number of nitrogens with zero attached hydrogens (tertiary/aromatic N) is 1. The molecule has 1 unspecified atom stereocenters.